The topological polar surface area (TPSA) is 132 Å². The molecule has 0 saturated heterocycles. The molecule has 2 aromatic heterocycles. The van der Waals surface area contributed by atoms with Gasteiger partial charge in [0.1, 0.15) is 6.61 Å². The van der Waals surface area contributed by atoms with Crippen molar-refractivity contribution >= 4 is 22.8 Å². The van der Waals surface area contributed by atoms with Crippen molar-refractivity contribution < 1.29 is 28.5 Å². The predicted molar refractivity (Wildman–Crippen MR) is 114 cm³/mol. The molecule has 1 aromatic carbocycles. The van der Waals surface area contributed by atoms with Gasteiger partial charge >= 0.3 is 11.9 Å². The first-order valence-corrected chi connectivity index (χ1v) is 10.5. The van der Waals surface area contributed by atoms with Crippen LogP contribution in [0.2, 0.25) is 0 Å². The van der Waals surface area contributed by atoms with E-state index in [1.54, 1.807) is 23.6 Å². The lowest BCUT2D eigenvalue weighted by Crippen LogP contribution is -2.48. The van der Waals surface area contributed by atoms with Crippen molar-refractivity contribution in [2.45, 2.75) is 32.1 Å². The summed E-state index contributed by atoms with van der Waals surface area (Å²) in [5, 5.41) is 0.863. The van der Waals surface area contributed by atoms with Crippen LogP contribution < -0.4 is 20.8 Å². The Kier molecular flexibility index (Phi) is 4.06. The third-order valence-electron chi connectivity index (χ3n) is 6.42. The molecule has 0 spiro atoms. The Morgan fingerprint density at radius 3 is 2.73 bits per heavy atom. The zero-order valence-corrected chi connectivity index (χ0v) is 17.7. The van der Waals surface area contributed by atoms with E-state index >= 15 is 0 Å². The normalized spacial score (nSPS) is 19.6. The highest BCUT2D eigenvalue weighted by Gasteiger charge is 2.50. The number of hydrogen-bond donors (Lipinski definition) is 1. The molecule has 5 heterocycles. The molecule has 0 bridgehead atoms. The van der Waals surface area contributed by atoms with Gasteiger partial charge in [-0.15, -0.1) is 0 Å². The standard InChI is InChI=1S/C23H19N3O7/c1-2-23(33-19(27)7-24)14-5-16-20-12(8-26(16)21(28)13(14)9-30-22(23)29)3-11-4-17-18(32-10-31-17)6-15(11)25-20/h3-6H,2,7-10,24H2,1H3/t23-/m0/s1. The van der Waals surface area contributed by atoms with Gasteiger partial charge in [0.05, 0.1) is 35.6 Å². The zero-order chi connectivity index (χ0) is 22.9. The summed E-state index contributed by atoms with van der Waals surface area (Å²) in [5.74, 6) is -0.224. The van der Waals surface area contributed by atoms with Crippen LogP contribution in [-0.2, 0) is 37.8 Å². The van der Waals surface area contributed by atoms with Gasteiger partial charge in [-0.05, 0) is 24.6 Å². The summed E-state index contributed by atoms with van der Waals surface area (Å²) in [6.45, 7) is 1.58. The molecule has 6 rings (SSSR count). The molecule has 0 amide bonds. The van der Waals surface area contributed by atoms with Gasteiger partial charge in [0.25, 0.3) is 5.56 Å². The van der Waals surface area contributed by atoms with Crippen LogP contribution in [0.5, 0.6) is 11.5 Å². The third-order valence-corrected chi connectivity index (χ3v) is 6.42. The number of rotatable bonds is 3. The summed E-state index contributed by atoms with van der Waals surface area (Å²) >= 11 is 0. The number of cyclic esters (lactones) is 1. The molecule has 10 heteroatoms. The lowest BCUT2D eigenvalue weighted by atomic mass is 9.85. The fraction of sp³-hybridized carbons (Fsp3) is 0.304. The lowest BCUT2D eigenvalue weighted by Gasteiger charge is -2.35. The maximum absolute atomic E-state index is 13.4. The smallest absolute Gasteiger partial charge is 0.355 e. The van der Waals surface area contributed by atoms with Gasteiger partial charge in [0.2, 0.25) is 12.4 Å². The maximum Gasteiger partial charge on any atom is 0.355 e. The van der Waals surface area contributed by atoms with E-state index in [1.165, 1.54) is 0 Å². The van der Waals surface area contributed by atoms with Gasteiger partial charge in [0.15, 0.2) is 11.5 Å². The first kappa shape index (κ1) is 19.7. The monoisotopic (exact) mass is 449 g/mol. The Balaban J connectivity index is 1.57. The minimum atomic E-state index is -1.73. The van der Waals surface area contributed by atoms with Crippen molar-refractivity contribution in [1.82, 2.24) is 9.55 Å². The van der Waals surface area contributed by atoms with Crippen molar-refractivity contribution in [2.24, 2.45) is 5.73 Å². The summed E-state index contributed by atoms with van der Waals surface area (Å²) in [6.07, 6.45) is 0.0922. The average Bonchev–Trinajstić information content (AvgIpc) is 3.42. The van der Waals surface area contributed by atoms with Crippen LogP contribution in [0.4, 0.5) is 0 Å². The lowest BCUT2D eigenvalue weighted by molar-refractivity contribution is -0.188. The van der Waals surface area contributed by atoms with Crippen LogP contribution in [-0.4, -0.2) is 34.8 Å². The van der Waals surface area contributed by atoms with Crippen LogP contribution in [0.3, 0.4) is 0 Å². The molecule has 1 atom stereocenters. The van der Waals surface area contributed by atoms with E-state index in [9.17, 15) is 14.4 Å². The van der Waals surface area contributed by atoms with E-state index in [-0.39, 0.29) is 30.9 Å². The molecular weight excluding hydrogens is 430 g/mol. The fourth-order valence-electron chi connectivity index (χ4n) is 4.77. The van der Waals surface area contributed by atoms with Crippen molar-refractivity contribution in [2.75, 3.05) is 13.3 Å². The Morgan fingerprint density at radius 2 is 1.97 bits per heavy atom. The Morgan fingerprint density at radius 1 is 1.18 bits per heavy atom. The molecular formula is C23H19N3O7. The third kappa shape index (κ3) is 2.64. The molecule has 3 aliphatic rings. The van der Waals surface area contributed by atoms with Gasteiger partial charge < -0.3 is 29.2 Å². The molecule has 0 saturated carbocycles. The molecule has 0 radical (unpaired) electrons. The predicted octanol–water partition coefficient (Wildman–Crippen LogP) is 1.32. The molecule has 10 nitrogen and oxygen atoms in total. The quantitative estimate of drug-likeness (QED) is 0.460. The minimum Gasteiger partial charge on any atom is -0.457 e. The number of fused-ring (bicyclic) bond motifs is 6. The molecule has 168 valence electrons. The number of carbonyl (C=O) groups is 2. The Labute approximate surface area is 186 Å². The van der Waals surface area contributed by atoms with Crippen molar-refractivity contribution in [3.63, 3.8) is 0 Å². The van der Waals surface area contributed by atoms with E-state index < -0.39 is 24.1 Å². The summed E-state index contributed by atoms with van der Waals surface area (Å²) < 4.78 is 23.3. The fourth-order valence-corrected chi connectivity index (χ4v) is 4.77. The number of carbonyl (C=O) groups excluding carboxylic acids is 2. The van der Waals surface area contributed by atoms with E-state index in [4.69, 9.17) is 29.7 Å². The highest BCUT2D eigenvalue weighted by molar-refractivity contribution is 5.89. The number of benzene rings is 1. The van der Waals surface area contributed by atoms with Crippen LogP contribution in [0, 0.1) is 0 Å². The van der Waals surface area contributed by atoms with Gasteiger partial charge in [-0.1, -0.05) is 6.92 Å². The first-order chi connectivity index (χ1) is 15.9. The number of nitrogens with zero attached hydrogens (tertiary/aromatic N) is 2. The number of pyridine rings is 2. The molecule has 33 heavy (non-hydrogen) atoms. The van der Waals surface area contributed by atoms with Crippen LogP contribution in [0.15, 0.2) is 29.1 Å². The number of nitrogens with two attached hydrogens (primary N) is 1. The summed E-state index contributed by atoms with van der Waals surface area (Å²) in [4.78, 5) is 43.1. The molecule has 0 fully saturated rings. The van der Waals surface area contributed by atoms with E-state index in [1.807, 2.05) is 12.1 Å². The molecule has 2 N–H and O–H groups in total. The Bertz CT molecular complexity index is 1440. The first-order valence-electron chi connectivity index (χ1n) is 10.5. The van der Waals surface area contributed by atoms with E-state index in [0.717, 1.165) is 10.9 Å². The number of aromatic nitrogens is 2. The second-order valence-electron chi connectivity index (χ2n) is 8.14. The van der Waals surface area contributed by atoms with Crippen molar-refractivity contribution in [3.8, 4) is 22.9 Å². The highest BCUT2D eigenvalue weighted by atomic mass is 16.7. The maximum atomic E-state index is 13.4. The van der Waals surface area contributed by atoms with Crippen molar-refractivity contribution in [3.05, 3.63) is 51.3 Å². The van der Waals surface area contributed by atoms with Gasteiger partial charge in [-0.25, -0.2) is 9.78 Å². The largest absolute Gasteiger partial charge is 0.457 e. The average molecular weight is 449 g/mol. The molecule has 3 aromatic rings. The Hall–Kier alpha value is -3.92. The number of ether oxygens (including phenoxy) is 4. The summed E-state index contributed by atoms with van der Waals surface area (Å²) in [7, 11) is 0. The van der Waals surface area contributed by atoms with Crippen LogP contribution in [0.25, 0.3) is 22.3 Å². The van der Waals surface area contributed by atoms with E-state index in [2.05, 4.69) is 0 Å². The number of hydrogen-bond acceptors (Lipinski definition) is 9. The number of esters is 2. The van der Waals surface area contributed by atoms with Crippen LogP contribution >= 0.6 is 0 Å². The molecule has 3 aliphatic heterocycles. The van der Waals surface area contributed by atoms with Crippen molar-refractivity contribution in [1.29, 1.82) is 0 Å². The van der Waals surface area contributed by atoms with Gasteiger partial charge in [-0.2, -0.15) is 0 Å². The van der Waals surface area contributed by atoms with Crippen LogP contribution in [0.1, 0.15) is 30.0 Å². The SMILES string of the molecule is CC[C@@]1(OC(=O)CN)C(=O)OCc2c1cc1n(c2=O)Cc2cc3cc4c(cc3nc2-1)OCO4. The zero-order valence-electron chi connectivity index (χ0n) is 17.7. The minimum absolute atomic E-state index is 0.0922. The summed E-state index contributed by atoms with van der Waals surface area (Å²) in [6, 6.07) is 7.34. The van der Waals surface area contributed by atoms with Gasteiger partial charge in [-0.3, -0.25) is 9.59 Å². The molecule has 0 aliphatic carbocycles. The van der Waals surface area contributed by atoms with Gasteiger partial charge in [0, 0.05) is 22.6 Å². The highest BCUT2D eigenvalue weighted by Crippen LogP contribution is 2.42. The molecule has 0 unspecified atom stereocenters. The van der Waals surface area contributed by atoms with E-state index in [0.29, 0.717) is 40.5 Å². The second-order valence-corrected chi connectivity index (χ2v) is 8.14. The summed E-state index contributed by atoms with van der Waals surface area (Å²) in [5.41, 5.74) is 6.69. The second kappa shape index (κ2) is 6.79.